The zero-order chi connectivity index (χ0) is 21.4. The molecule has 0 aliphatic carbocycles. The summed E-state index contributed by atoms with van der Waals surface area (Å²) in [6, 6.07) is 12.0. The van der Waals surface area contributed by atoms with Gasteiger partial charge in [0.05, 0.1) is 22.6 Å². The van der Waals surface area contributed by atoms with E-state index >= 15 is 0 Å². The third-order valence-corrected chi connectivity index (χ3v) is 6.31. The molecule has 1 fully saturated rings. The van der Waals surface area contributed by atoms with Gasteiger partial charge in [0.15, 0.2) is 0 Å². The fourth-order valence-electron chi connectivity index (χ4n) is 3.40. The Labute approximate surface area is 186 Å². The molecule has 30 heavy (non-hydrogen) atoms. The number of rotatable bonds is 1. The lowest BCUT2D eigenvalue weighted by atomic mass is 9.79. The maximum atomic E-state index is 6.05. The topological polar surface area (TPSA) is 61.0 Å². The van der Waals surface area contributed by atoms with Gasteiger partial charge in [0, 0.05) is 17.6 Å². The van der Waals surface area contributed by atoms with Gasteiger partial charge in [-0.05, 0) is 63.5 Å². The third kappa shape index (κ3) is 4.41. The summed E-state index contributed by atoms with van der Waals surface area (Å²) in [6.07, 6.45) is 0. The zero-order valence-electron chi connectivity index (χ0n) is 17.9. The molecule has 1 saturated heterocycles. The fraction of sp³-hybridized carbons (Fsp3) is 0.455. The molecule has 0 atom stereocenters. The normalized spacial score (nSPS) is 20.2. The summed E-state index contributed by atoms with van der Waals surface area (Å²) in [4.78, 5) is 0. The van der Waals surface area contributed by atoms with Gasteiger partial charge in [0.1, 0.15) is 24.7 Å². The molecule has 2 aromatic rings. The molecule has 8 heteroatoms. The van der Waals surface area contributed by atoms with E-state index in [-0.39, 0.29) is 18.3 Å². The van der Waals surface area contributed by atoms with E-state index in [4.69, 9.17) is 18.8 Å². The first-order chi connectivity index (χ1) is 14.2. The minimum Gasteiger partial charge on any atom is -0.490 e. The molecule has 160 valence electrons. The van der Waals surface area contributed by atoms with E-state index in [2.05, 4.69) is 60.3 Å². The Morgan fingerprint density at radius 2 is 1.33 bits per heavy atom. The molecular weight excluding hydrogens is 447 g/mol. The largest absolute Gasteiger partial charge is 0.494 e. The summed E-state index contributed by atoms with van der Waals surface area (Å²) < 4.78 is 24.2. The first-order valence-electron chi connectivity index (χ1n) is 10.3. The predicted molar refractivity (Wildman–Crippen MR) is 124 cm³/mol. The van der Waals surface area contributed by atoms with Crippen molar-refractivity contribution < 1.29 is 18.8 Å². The SMILES string of the molecule is Brc1ccc2c(c1)NCCO2.CC1(C)OB(c2ccc3c(c2)NCCO3)OC1(C)C. The Bertz CT molecular complexity index is 906. The van der Waals surface area contributed by atoms with Crippen LogP contribution in [0.2, 0.25) is 0 Å². The fourth-order valence-corrected chi connectivity index (χ4v) is 3.76. The predicted octanol–water partition coefficient (Wildman–Crippen LogP) is 4.04. The number of ether oxygens (including phenoxy) is 2. The van der Waals surface area contributed by atoms with Gasteiger partial charge < -0.3 is 29.4 Å². The van der Waals surface area contributed by atoms with Crippen LogP contribution in [0.25, 0.3) is 0 Å². The Morgan fingerprint density at radius 1 is 0.800 bits per heavy atom. The highest BCUT2D eigenvalue weighted by Crippen LogP contribution is 2.37. The van der Waals surface area contributed by atoms with Crippen LogP contribution in [-0.2, 0) is 9.31 Å². The van der Waals surface area contributed by atoms with Gasteiger partial charge in [0.25, 0.3) is 0 Å². The van der Waals surface area contributed by atoms with Crippen LogP contribution in [0.4, 0.5) is 11.4 Å². The number of benzene rings is 2. The van der Waals surface area contributed by atoms with E-state index in [0.717, 1.165) is 52.5 Å². The minimum atomic E-state index is -0.320. The number of hydrogen-bond donors (Lipinski definition) is 2. The van der Waals surface area contributed by atoms with Crippen molar-refractivity contribution in [2.45, 2.75) is 38.9 Å². The number of anilines is 2. The second-order valence-electron chi connectivity index (χ2n) is 8.53. The summed E-state index contributed by atoms with van der Waals surface area (Å²) in [6.45, 7) is 11.4. The van der Waals surface area contributed by atoms with E-state index < -0.39 is 0 Å². The van der Waals surface area contributed by atoms with Crippen LogP contribution >= 0.6 is 15.9 Å². The van der Waals surface area contributed by atoms with Gasteiger partial charge in [-0.15, -0.1) is 0 Å². The lowest BCUT2D eigenvalue weighted by Crippen LogP contribution is -2.41. The lowest BCUT2D eigenvalue weighted by molar-refractivity contribution is 0.00578. The van der Waals surface area contributed by atoms with E-state index in [1.807, 2.05) is 30.3 Å². The smallest absolute Gasteiger partial charge is 0.490 e. The van der Waals surface area contributed by atoms with Gasteiger partial charge in [-0.25, -0.2) is 0 Å². The van der Waals surface area contributed by atoms with E-state index in [9.17, 15) is 0 Å². The molecule has 2 aromatic carbocycles. The standard InChI is InChI=1S/C14H20BNO3.C8H8BrNO/c1-13(2)14(3,4)19-15(18-13)10-5-6-12-11(9-10)16-7-8-17-12;9-6-1-2-8-7(5-6)10-3-4-11-8/h5-6,9,16H,7-8H2,1-4H3;1-2,5,10H,3-4H2. The average Bonchev–Trinajstić information content (AvgIpc) is 2.95. The Morgan fingerprint density at radius 3 is 1.93 bits per heavy atom. The summed E-state index contributed by atoms with van der Waals surface area (Å²) >= 11 is 3.39. The first kappa shape index (κ1) is 21.3. The molecule has 0 aromatic heterocycles. The maximum absolute atomic E-state index is 6.05. The van der Waals surface area contributed by atoms with E-state index in [0.29, 0.717) is 6.61 Å². The molecule has 0 saturated carbocycles. The van der Waals surface area contributed by atoms with Crippen molar-refractivity contribution in [3.63, 3.8) is 0 Å². The molecule has 0 radical (unpaired) electrons. The van der Waals surface area contributed by atoms with Crippen LogP contribution in [-0.4, -0.2) is 44.6 Å². The zero-order valence-corrected chi connectivity index (χ0v) is 19.5. The van der Waals surface area contributed by atoms with Crippen LogP contribution < -0.4 is 25.6 Å². The molecule has 0 bridgehead atoms. The number of fused-ring (bicyclic) bond motifs is 2. The molecule has 3 heterocycles. The highest BCUT2D eigenvalue weighted by atomic mass is 79.9. The van der Waals surface area contributed by atoms with Crippen molar-refractivity contribution in [1.29, 1.82) is 0 Å². The second-order valence-corrected chi connectivity index (χ2v) is 9.45. The van der Waals surface area contributed by atoms with Crippen molar-refractivity contribution in [1.82, 2.24) is 0 Å². The molecule has 0 unspecified atom stereocenters. The first-order valence-corrected chi connectivity index (χ1v) is 11.1. The Balaban J connectivity index is 0.000000168. The van der Waals surface area contributed by atoms with E-state index in [1.165, 1.54) is 0 Å². The minimum absolute atomic E-state index is 0.308. The van der Waals surface area contributed by atoms with Crippen LogP contribution in [0, 0.1) is 0 Å². The summed E-state index contributed by atoms with van der Waals surface area (Å²) in [5.74, 6) is 1.84. The van der Waals surface area contributed by atoms with Crippen LogP contribution in [0.1, 0.15) is 27.7 Å². The Hall–Kier alpha value is -1.90. The second kappa shape index (κ2) is 8.32. The van der Waals surface area contributed by atoms with Crippen LogP contribution in [0.15, 0.2) is 40.9 Å². The lowest BCUT2D eigenvalue weighted by Gasteiger charge is -2.32. The molecular formula is C22H28BBrN2O4. The monoisotopic (exact) mass is 474 g/mol. The van der Waals surface area contributed by atoms with Crippen molar-refractivity contribution >= 4 is 39.9 Å². The van der Waals surface area contributed by atoms with Crippen molar-refractivity contribution in [2.75, 3.05) is 36.9 Å². The highest BCUT2D eigenvalue weighted by Gasteiger charge is 2.51. The molecule has 3 aliphatic heterocycles. The van der Waals surface area contributed by atoms with Crippen molar-refractivity contribution in [3.8, 4) is 11.5 Å². The Kier molecular flexibility index (Phi) is 5.92. The van der Waals surface area contributed by atoms with Gasteiger partial charge in [-0.3, -0.25) is 0 Å². The molecule has 3 aliphatic rings. The van der Waals surface area contributed by atoms with Gasteiger partial charge >= 0.3 is 7.12 Å². The summed E-state index contributed by atoms with van der Waals surface area (Å²) in [5.41, 5.74) is 2.49. The molecule has 5 rings (SSSR count). The quantitative estimate of drug-likeness (QED) is 0.608. The molecule has 6 nitrogen and oxygen atoms in total. The van der Waals surface area contributed by atoms with Gasteiger partial charge in [-0.2, -0.15) is 0 Å². The maximum Gasteiger partial charge on any atom is 0.494 e. The van der Waals surface area contributed by atoms with Crippen molar-refractivity contribution in [3.05, 3.63) is 40.9 Å². The third-order valence-electron chi connectivity index (χ3n) is 5.82. The molecule has 0 amide bonds. The van der Waals surface area contributed by atoms with Crippen molar-refractivity contribution in [2.24, 2.45) is 0 Å². The van der Waals surface area contributed by atoms with E-state index in [1.54, 1.807) is 0 Å². The number of hydrogen-bond acceptors (Lipinski definition) is 6. The van der Waals surface area contributed by atoms with Crippen LogP contribution in [0.5, 0.6) is 11.5 Å². The number of halogens is 1. The highest BCUT2D eigenvalue weighted by molar-refractivity contribution is 9.10. The molecule has 0 spiro atoms. The van der Waals surface area contributed by atoms with Gasteiger partial charge in [-0.1, -0.05) is 22.0 Å². The number of nitrogens with one attached hydrogen (secondary N) is 2. The summed E-state index contributed by atoms with van der Waals surface area (Å²) in [5, 5.41) is 6.58. The average molecular weight is 475 g/mol. The summed E-state index contributed by atoms with van der Waals surface area (Å²) in [7, 11) is -0.320. The van der Waals surface area contributed by atoms with Crippen LogP contribution in [0.3, 0.4) is 0 Å². The van der Waals surface area contributed by atoms with Gasteiger partial charge in [0.2, 0.25) is 0 Å². The molecule has 2 N–H and O–H groups in total.